The normalized spacial score (nSPS) is 12.6. The van der Waals surface area contributed by atoms with Gasteiger partial charge in [-0.15, -0.1) is 0 Å². The van der Waals surface area contributed by atoms with E-state index in [-0.39, 0.29) is 11.9 Å². The number of nitrogens with one attached hydrogen (secondary N) is 1. The van der Waals surface area contributed by atoms with Gasteiger partial charge >= 0.3 is 0 Å². The number of likely N-dealkylation sites (N-methyl/N-ethyl adjacent to an activating group) is 1. The van der Waals surface area contributed by atoms with Gasteiger partial charge in [-0.1, -0.05) is 26.0 Å². The minimum atomic E-state index is -0.189. The average molecular weight is 289 g/mol. The SMILES string of the molecule is CCNC(Cc1ccc(F)cc1)c1cc(CC)nn1CC. The fraction of sp³-hybridized carbons (Fsp3) is 0.471. The van der Waals surface area contributed by atoms with Crippen molar-refractivity contribution in [1.82, 2.24) is 15.1 Å². The highest BCUT2D eigenvalue weighted by atomic mass is 19.1. The quantitative estimate of drug-likeness (QED) is 0.845. The van der Waals surface area contributed by atoms with Crippen LogP contribution in [0, 0.1) is 5.82 Å². The molecule has 0 amide bonds. The third kappa shape index (κ3) is 3.91. The molecule has 0 aliphatic heterocycles. The van der Waals surface area contributed by atoms with Gasteiger partial charge in [-0.25, -0.2) is 4.39 Å². The van der Waals surface area contributed by atoms with Crippen LogP contribution in [0.2, 0.25) is 0 Å². The van der Waals surface area contributed by atoms with Gasteiger partial charge in [-0.3, -0.25) is 4.68 Å². The van der Waals surface area contributed by atoms with Crippen LogP contribution in [0.4, 0.5) is 4.39 Å². The van der Waals surface area contributed by atoms with E-state index >= 15 is 0 Å². The first-order chi connectivity index (χ1) is 10.2. The zero-order chi connectivity index (χ0) is 15.2. The molecular weight excluding hydrogens is 265 g/mol. The van der Waals surface area contributed by atoms with Gasteiger partial charge in [0.25, 0.3) is 0 Å². The maximum atomic E-state index is 13.0. The van der Waals surface area contributed by atoms with Crippen LogP contribution in [0.15, 0.2) is 30.3 Å². The van der Waals surface area contributed by atoms with Crippen molar-refractivity contribution >= 4 is 0 Å². The van der Waals surface area contributed by atoms with Gasteiger partial charge in [0.2, 0.25) is 0 Å². The molecule has 0 fully saturated rings. The Morgan fingerprint density at radius 1 is 1.19 bits per heavy atom. The summed E-state index contributed by atoms with van der Waals surface area (Å²) >= 11 is 0. The van der Waals surface area contributed by atoms with Crippen molar-refractivity contribution in [2.24, 2.45) is 0 Å². The van der Waals surface area contributed by atoms with Crippen molar-refractivity contribution < 1.29 is 4.39 Å². The van der Waals surface area contributed by atoms with Crippen LogP contribution in [0.1, 0.15) is 43.8 Å². The largest absolute Gasteiger partial charge is 0.309 e. The maximum absolute atomic E-state index is 13.0. The lowest BCUT2D eigenvalue weighted by Gasteiger charge is -2.19. The summed E-state index contributed by atoms with van der Waals surface area (Å²) in [6.07, 6.45) is 1.78. The Kier molecular flexibility index (Phi) is 5.51. The van der Waals surface area contributed by atoms with E-state index in [0.717, 1.165) is 37.2 Å². The number of benzene rings is 1. The van der Waals surface area contributed by atoms with Gasteiger partial charge in [0.15, 0.2) is 0 Å². The molecule has 0 bridgehead atoms. The van der Waals surface area contributed by atoms with E-state index < -0.39 is 0 Å². The molecule has 21 heavy (non-hydrogen) atoms. The lowest BCUT2D eigenvalue weighted by Crippen LogP contribution is -2.25. The van der Waals surface area contributed by atoms with Crippen LogP contribution < -0.4 is 5.32 Å². The molecule has 1 aromatic heterocycles. The van der Waals surface area contributed by atoms with Crippen LogP contribution in [0.5, 0.6) is 0 Å². The summed E-state index contributed by atoms with van der Waals surface area (Å²) in [6.45, 7) is 8.08. The first-order valence-electron chi connectivity index (χ1n) is 7.72. The van der Waals surface area contributed by atoms with Gasteiger partial charge in [0.05, 0.1) is 17.4 Å². The van der Waals surface area contributed by atoms with E-state index in [1.165, 1.54) is 17.8 Å². The number of aryl methyl sites for hydroxylation is 2. The fourth-order valence-electron chi connectivity index (χ4n) is 2.58. The van der Waals surface area contributed by atoms with Crippen LogP contribution >= 0.6 is 0 Å². The van der Waals surface area contributed by atoms with Crippen molar-refractivity contribution in [2.75, 3.05) is 6.54 Å². The zero-order valence-corrected chi connectivity index (χ0v) is 13.1. The van der Waals surface area contributed by atoms with E-state index in [2.05, 4.69) is 41.9 Å². The van der Waals surface area contributed by atoms with E-state index in [0.29, 0.717) is 0 Å². The maximum Gasteiger partial charge on any atom is 0.123 e. The Labute approximate surface area is 126 Å². The summed E-state index contributed by atoms with van der Waals surface area (Å²) in [6, 6.07) is 9.13. The molecule has 0 saturated heterocycles. The lowest BCUT2D eigenvalue weighted by molar-refractivity contribution is 0.489. The van der Waals surface area contributed by atoms with Crippen LogP contribution in [-0.2, 0) is 19.4 Å². The lowest BCUT2D eigenvalue weighted by atomic mass is 10.0. The summed E-state index contributed by atoms with van der Waals surface area (Å²) in [4.78, 5) is 0. The second-order valence-electron chi connectivity index (χ2n) is 5.17. The second kappa shape index (κ2) is 7.36. The molecule has 3 nitrogen and oxygen atoms in total. The summed E-state index contributed by atoms with van der Waals surface area (Å²) in [5, 5.41) is 8.14. The summed E-state index contributed by atoms with van der Waals surface area (Å²) in [7, 11) is 0. The Hall–Kier alpha value is -1.68. The first kappa shape index (κ1) is 15.7. The smallest absolute Gasteiger partial charge is 0.123 e. The molecule has 1 atom stereocenters. The van der Waals surface area contributed by atoms with Gasteiger partial charge in [0, 0.05) is 6.54 Å². The highest BCUT2D eigenvalue weighted by Gasteiger charge is 2.17. The van der Waals surface area contributed by atoms with E-state index in [1.54, 1.807) is 0 Å². The Bertz CT molecular complexity index is 560. The fourth-order valence-corrected chi connectivity index (χ4v) is 2.58. The zero-order valence-electron chi connectivity index (χ0n) is 13.1. The number of nitrogens with zero attached hydrogens (tertiary/aromatic N) is 2. The molecule has 0 aliphatic carbocycles. The molecule has 0 radical (unpaired) electrons. The van der Waals surface area contributed by atoms with Crippen LogP contribution in [-0.4, -0.2) is 16.3 Å². The van der Waals surface area contributed by atoms with Crippen molar-refractivity contribution in [3.05, 3.63) is 53.1 Å². The first-order valence-corrected chi connectivity index (χ1v) is 7.72. The van der Waals surface area contributed by atoms with Crippen molar-refractivity contribution in [3.8, 4) is 0 Å². The average Bonchev–Trinajstić information content (AvgIpc) is 2.92. The third-order valence-corrected chi connectivity index (χ3v) is 3.68. The van der Waals surface area contributed by atoms with Gasteiger partial charge in [0.1, 0.15) is 5.82 Å². The highest BCUT2D eigenvalue weighted by molar-refractivity contribution is 5.22. The summed E-state index contributed by atoms with van der Waals surface area (Å²) in [5.41, 5.74) is 3.46. The molecular formula is C17H24FN3. The monoisotopic (exact) mass is 289 g/mol. The summed E-state index contributed by atoms with van der Waals surface area (Å²) in [5.74, 6) is -0.189. The molecule has 114 valence electrons. The molecule has 1 heterocycles. The number of hydrogen-bond acceptors (Lipinski definition) is 2. The molecule has 2 aromatic rings. The van der Waals surface area contributed by atoms with Crippen LogP contribution in [0.25, 0.3) is 0 Å². The Morgan fingerprint density at radius 3 is 2.48 bits per heavy atom. The number of halogens is 1. The molecule has 0 aliphatic rings. The molecule has 1 aromatic carbocycles. The Morgan fingerprint density at radius 2 is 1.90 bits per heavy atom. The predicted octanol–water partition coefficient (Wildman–Crippen LogP) is 3.50. The van der Waals surface area contributed by atoms with E-state index in [1.807, 2.05) is 12.1 Å². The third-order valence-electron chi connectivity index (χ3n) is 3.68. The topological polar surface area (TPSA) is 29.9 Å². The van der Waals surface area contributed by atoms with Gasteiger partial charge in [-0.2, -0.15) is 5.10 Å². The number of aromatic nitrogens is 2. The minimum Gasteiger partial charge on any atom is -0.309 e. The van der Waals surface area contributed by atoms with Gasteiger partial charge in [-0.05, 0) is 50.1 Å². The van der Waals surface area contributed by atoms with E-state index in [4.69, 9.17) is 0 Å². The van der Waals surface area contributed by atoms with Crippen molar-refractivity contribution in [2.45, 2.75) is 46.2 Å². The molecule has 1 N–H and O–H groups in total. The van der Waals surface area contributed by atoms with Crippen molar-refractivity contribution in [1.29, 1.82) is 0 Å². The van der Waals surface area contributed by atoms with E-state index in [9.17, 15) is 4.39 Å². The molecule has 1 unspecified atom stereocenters. The highest BCUT2D eigenvalue weighted by Crippen LogP contribution is 2.20. The Balaban J connectivity index is 2.25. The summed E-state index contributed by atoms with van der Waals surface area (Å²) < 4.78 is 15.1. The molecule has 2 rings (SSSR count). The predicted molar refractivity (Wildman–Crippen MR) is 83.8 cm³/mol. The number of hydrogen-bond donors (Lipinski definition) is 1. The van der Waals surface area contributed by atoms with Crippen molar-refractivity contribution in [3.63, 3.8) is 0 Å². The second-order valence-corrected chi connectivity index (χ2v) is 5.17. The number of rotatable bonds is 7. The molecule has 0 spiro atoms. The van der Waals surface area contributed by atoms with Gasteiger partial charge < -0.3 is 5.32 Å². The molecule has 0 saturated carbocycles. The standard InChI is InChI=1S/C17H24FN3/c1-4-15-12-17(21(6-3)20-15)16(19-5-2)11-13-7-9-14(18)10-8-13/h7-10,12,16,19H,4-6,11H2,1-3H3. The van der Waals surface area contributed by atoms with Crippen LogP contribution in [0.3, 0.4) is 0 Å². The molecule has 4 heteroatoms. The minimum absolute atomic E-state index is 0.189.